The molecule has 7 heteroatoms. The van der Waals surface area contributed by atoms with Crippen molar-refractivity contribution >= 4 is 17.5 Å². The van der Waals surface area contributed by atoms with Gasteiger partial charge in [0.15, 0.2) is 0 Å². The van der Waals surface area contributed by atoms with Gasteiger partial charge in [-0.25, -0.2) is 0 Å². The average Bonchev–Trinajstić information content (AvgIpc) is 2.28. The Hall–Kier alpha value is -2.44. The molecular formula is C11H13N3O4. The molecule has 0 unspecified atom stereocenters. The minimum Gasteiger partial charge on any atom is -0.368 e. The molecule has 0 aliphatic carbocycles. The minimum atomic E-state index is -0.767. The summed E-state index contributed by atoms with van der Waals surface area (Å²) in [6.45, 7) is 1.47. The topological polar surface area (TPSA) is 115 Å². The molecule has 0 bridgehead atoms. The van der Waals surface area contributed by atoms with Crippen LogP contribution in [-0.4, -0.2) is 22.8 Å². The normalized spacial score (nSPS) is 11.6. The number of hydrogen-bond acceptors (Lipinski definition) is 4. The zero-order valence-electron chi connectivity index (χ0n) is 9.75. The SMILES string of the molecule is C[C@@H](NC(=O)Cc1cccc([N+](=O)[O-])c1)C(N)=O. The summed E-state index contributed by atoms with van der Waals surface area (Å²) in [5, 5.41) is 12.9. The van der Waals surface area contributed by atoms with Gasteiger partial charge in [-0.15, -0.1) is 0 Å². The van der Waals surface area contributed by atoms with Crippen molar-refractivity contribution in [1.29, 1.82) is 0 Å². The third kappa shape index (κ3) is 3.85. The highest BCUT2D eigenvalue weighted by molar-refractivity contribution is 5.87. The summed E-state index contributed by atoms with van der Waals surface area (Å²) in [5.41, 5.74) is 5.42. The predicted octanol–water partition coefficient (Wildman–Crippen LogP) is 0.127. The molecule has 0 radical (unpaired) electrons. The summed E-state index contributed by atoms with van der Waals surface area (Å²) >= 11 is 0. The minimum absolute atomic E-state index is 0.0424. The van der Waals surface area contributed by atoms with E-state index in [-0.39, 0.29) is 12.1 Å². The molecule has 1 aromatic rings. The van der Waals surface area contributed by atoms with Crippen LogP contribution in [0.15, 0.2) is 24.3 Å². The third-order valence-electron chi connectivity index (χ3n) is 2.29. The maximum Gasteiger partial charge on any atom is 0.269 e. The Morgan fingerprint density at radius 3 is 2.72 bits per heavy atom. The lowest BCUT2D eigenvalue weighted by Crippen LogP contribution is -2.42. The van der Waals surface area contributed by atoms with E-state index in [4.69, 9.17) is 5.73 Å². The van der Waals surface area contributed by atoms with Crippen LogP contribution >= 0.6 is 0 Å². The molecule has 96 valence electrons. The summed E-state index contributed by atoms with van der Waals surface area (Å²) in [6.07, 6.45) is -0.0424. The van der Waals surface area contributed by atoms with Crippen LogP contribution in [0.25, 0.3) is 0 Å². The van der Waals surface area contributed by atoms with E-state index >= 15 is 0 Å². The Morgan fingerprint density at radius 2 is 2.17 bits per heavy atom. The van der Waals surface area contributed by atoms with E-state index in [9.17, 15) is 19.7 Å². The average molecular weight is 251 g/mol. The van der Waals surface area contributed by atoms with Crippen LogP contribution in [0, 0.1) is 10.1 Å². The van der Waals surface area contributed by atoms with E-state index < -0.39 is 22.8 Å². The predicted molar refractivity (Wildman–Crippen MR) is 63.6 cm³/mol. The summed E-state index contributed by atoms with van der Waals surface area (Å²) in [5.74, 6) is -1.05. The molecule has 0 aromatic heterocycles. The van der Waals surface area contributed by atoms with Crippen LogP contribution in [0.4, 0.5) is 5.69 Å². The van der Waals surface area contributed by atoms with E-state index in [2.05, 4.69) is 5.32 Å². The van der Waals surface area contributed by atoms with Crippen molar-refractivity contribution in [2.45, 2.75) is 19.4 Å². The number of nitrogens with two attached hydrogens (primary N) is 1. The van der Waals surface area contributed by atoms with Crippen molar-refractivity contribution in [3.05, 3.63) is 39.9 Å². The van der Waals surface area contributed by atoms with Crippen molar-refractivity contribution in [2.75, 3.05) is 0 Å². The maximum absolute atomic E-state index is 11.5. The zero-order valence-corrected chi connectivity index (χ0v) is 9.75. The molecule has 2 amide bonds. The lowest BCUT2D eigenvalue weighted by Gasteiger charge is -2.09. The van der Waals surface area contributed by atoms with Crippen LogP contribution in [0.2, 0.25) is 0 Å². The van der Waals surface area contributed by atoms with Crippen LogP contribution in [0.5, 0.6) is 0 Å². The Kier molecular flexibility index (Phi) is 4.36. The van der Waals surface area contributed by atoms with Crippen molar-refractivity contribution < 1.29 is 14.5 Å². The molecule has 0 saturated carbocycles. The lowest BCUT2D eigenvalue weighted by molar-refractivity contribution is -0.384. The number of nitrogens with zero attached hydrogens (tertiary/aromatic N) is 1. The molecule has 0 spiro atoms. The smallest absolute Gasteiger partial charge is 0.269 e. The van der Waals surface area contributed by atoms with Gasteiger partial charge in [0, 0.05) is 12.1 Å². The fourth-order valence-electron chi connectivity index (χ4n) is 1.33. The van der Waals surface area contributed by atoms with Gasteiger partial charge >= 0.3 is 0 Å². The summed E-state index contributed by atoms with van der Waals surface area (Å²) < 4.78 is 0. The zero-order chi connectivity index (χ0) is 13.7. The molecule has 0 aliphatic heterocycles. The first-order chi connectivity index (χ1) is 8.40. The molecule has 0 aliphatic rings. The van der Waals surface area contributed by atoms with E-state index in [1.165, 1.54) is 25.1 Å². The van der Waals surface area contributed by atoms with E-state index in [0.29, 0.717) is 5.56 Å². The molecule has 7 nitrogen and oxygen atoms in total. The number of carbonyl (C=O) groups is 2. The summed E-state index contributed by atoms with van der Waals surface area (Å²) in [4.78, 5) is 32.3. The highest BCUT2D eigenvalue weighted by atomic mass is 16.6. The van der Waals surface area contributed by atoms with E-state index in [1.807, 2.05) is 0 Å². The Bertz CT molecular complexity index is 487. The first-order valence-electron chi connectivity index (χ1n) is 5.22. The number of nitro benzene ring substituents is 1. The van der Waals surface area contributed by atoms with Gasteiger partial charge in [0.05, 0.1) is 11.3 Å². The van der Waals surface area contributed by atoms with Crippen molar-refractivity contribution in [2.24, 2.45) is 5.73 Å². The molecule has 0 heterocycles. The van der Waals surface area contributed by atoms with Gasteiger partial charge in [0.25, 0.3) is 5.69 Å². The van der Waals surface area contributed by atoms with Gasteiger partial charge < -0.3 is 11.1 Å². The monoisotopic (exact) mass is 251 g/mol. The standard InChI is InChI=1S/C11H13N3O4/c1-7(11(12)16)13-10(15)6-8-3-2-4-9(5-8)14(17)18/h2-5,7H,6H2,1H3,(H2,12,16)(H,13,15)/t7-/m1/s1. The molecule has 1 rings (SSSR count). The number of non-ortho nitro benzene ring substituents is 1. The van der Waals surface area contributed by atoms with E-state index in [0.717, 1.165) is 0 Å². The third-order valence-corrected chi connectivity index (χ3v) is 2.29. The van der Waals surface area contributed by atoms with Crippen LogP contribution < -0.4 is 11.1 Å². The number of nitrogens with one attached hydrogen (secondary N) is 1. The number of rotatable bonds is 5. The number of primary amides is 1. The Labute approximate surface area is 103 Å². The number of hydrogen-bond donors (Lipinski definition) is 2. The highest BCUT2D eigenvalue weighted by Crippen LogP contribution is 2.13. The quantitative estimate of drug-likeness (QED) is 0.571. The van der Waals surface area contributed by atoms with Gasteiger partial charge in [-0.1, -0.05) is 12.1 Å². The lowest BCUT2D eigenvalue weighted by atomic mass is 10.1. The van der Waals surface area contributed by atoms with Crippen molar-refractivity contribution in [3.8, 4) is 0 Å². The number of amides is 2. The first-order valence-corrected chi connectivity index (χ1v) is 5.22. The van der Waals surface area contributed by atoms with Crippen LogP contribution in [-0.2, 0) is 16.0 Å². The van der Waals surface area contributed by atoms with Crippen LogP contribution in [0.1, 0.15) is 12.5 Å². The first kappa shape index (κ1) is 13.6. The van der Waals surface area contributed by atoms with Crippen molar-refractivity contribution in [3.63, 3.8) is 0 Å². The van der Waals surface area contributed by atoms with Gasteiger partial charge in [0.2, 0.25) is 11.8 Å². The Balaban J connectivity index is 2.67. The second kappa shape index (κ2) is 5.76. The fourth-order valence-corrected chi connectivity index (χ4v) is 1.33. The summed E-state index contributed by atoms with van der Waals surface area (Å²) in [7, 11) is 0. The second-order valence-electron chi connectivity index (χ2n) is 3.80. The largest absolute Gasteiger partial charge is 0.368 e. The fraction of sp³-hybridized carbons (Fsp3) is 0.273. The molecule has 18 heavy (non-hydrogen) atoms. The van der Waals surface area contributed by atoms with Gasteiger partial charge in [-0.2, -0.15) is 0 Å². The molecule has 0 saturated heterocycles. The van der Waals surface area contributed by atoms with Gasteiger partial charge in [-0.3, -0.25) is 19.7 Å². The number of nitro groups is 1. The molecule has 3 N–H and O–H groups in total. The Morgan fingerprint density at radius 1 is 1.50 bits per heavy atom. The molecular weight excluding hydrogens is 238 g/mol. The molecule has 0 fully saturated rings. The highest BCUT2D eigenvalue weighted by Gasteiger charge is 2.13. The van der Waals surface area contributed by atoms with Gasteiger partial charge in [-0.05, 0) is 12.5 Å². The molecule has 1 aromatic carbocycles. The molecule has 1 atom stereocenters. The second-order valence-corrected chi connectivity index (χ2v) is 3.80. The summed E-state index contributed by atoms with van der Waals surface area (Å²) in [6, 6.07) is 4.98. The van der Waals surface area contributed by atoms with Gasteiger partial charge in [0.1, 0.15) is 6.04 Å². The number of carbonyl (C=O) groups excluding carboxylic acids is 2. The number of benzene rings is 1. The van der Waals surface area contributed by atoms with Crippen molar-refractivity contribution in [1.82, 2.24) is 5.32 Å². The van der Waals surface area contributed by atoms with E-state index in [1.54, 1.807) is 6.07 Å². The van der Waals surface area contributed by atoms with Crippen LogP contribution in [0.3, 0.4) is 0 Å². The maximum atomic E-state index is 11.5.